The van der Waals surface area contributed by atoms with Crippen molar-refractivity contribution in [3.8, 4) is 5.75 Å². The number of nitrogens with zero attached hydrogens (tertiary/aromatic N) is 1. The van der Waals surface area contributed by atoms with Gasteiger partial charge in [-0.15, -0.1) is 11.3 Å². The third-order valence-corrected chi connectivity index (χ3v) is 4.03. The van der Waals surface area contributed by atoms with Gasteiger partial charge >= 0.3 is 0 Å². The molecule has 0 saturated heterocycles. The number of carbonyl (C=O) groups excluding carboxylic acids is 1. The molecule has 116 valence electrons. The van der Waals surface area contributed by atoms with E-state index in [2.05, 4.69) is 10.5 Å². The van der Waals surface area contributed by atoms with Crippen molar-refractivity contribution in [3.63, 3.8) is 0 Å². The molecule has 0 saturated carbocycles. The minimum absolute atomic E-state index is 0.112. The summed E-state index contributed by atoms with van der Waals surface area (Å²) in [6, 6.07) is 10.7. The van der Waals surface area contributed by atoms with Crippen LogP contribution in [0.1, 0.15) is 4.88 Å². The number of amidine groups is 1. The largest absolute Gasteiger partial charge is 0.497 e. The minimum Gasteiger partial charge on any atom is -0.497 e. The average molecular weight is 319 g/mol. The van der Waals surface area contributed by atoms with Crippen molar-refractivity contribution in [1.82, 2.24) is 0 Å². The molecular weight excluding hydrogens is 302 g/mol. The van der Waals surface area contributed by atoms with Crippen molar-refractivity contribution in [1.29, 1.82) is 0 Å². The predicted octanol–water partition coefficient (Wildman–Crippen LogP) is 2.30. The van der Waals surface area contributed by atoms with Gasteiger partial charge < -0.3 is 21.0 Å². The van der Waals surface area contributed by atoms with E-state index < -0.39 is 5.92 Å². The molecule has 2 aromatic rings. The number of nitrogens with one attached hydrogen (secondary N) is 1. The van der Waals surface area contributed by atoms with Crippen LogP contribution >= 0.6 is 11.3 Å². The van der Waals surface area contributed by atoms with E-state index >= 15 is 0 Å². The molecule has 0 aliphatic carbocycles. The molecule has 0 aliphatic rings. The number of ether oxygens (including phenoxy) is 1. The van der Waals surface area contributed by atoms with E-state index in [4.69, 9.17) is 15.7 Å². The summed E-state index contributed by atoms with van der Waals surface area (Å²) in [6.45, 7) is 0. The number of carbonyl (C=O) groups is 1. The van der Waals surface area contributed by atoms with Gasteiger partial charge in [-0.05, 0) is 35.7 Å². The monoisotopic (exact) mass is 319 g/mol. The van der Waals surface area contributed by atoms with Gasteiger partial charge in [-0.3, -0.25) is 4.79 Å². The maximum Gasteiger partial charge on any atom is 0.235 e. The summed E-state index contributed by atoms with van der Waals surface area (Å²) in [5, 5.41) is 16.5. The standard InChI is InChI=1S/C15H17N3O3S/c1-21-11-6-4-10(5-7-11)17-15(19)13(14(16)18-20)9-12-3-2-8-22-12/h2-8,13,20H,9H2,1H3,(H2,16,18)(H,17,19)/t13-/m0/s1. The number of nitrogens with two attached hydrogens (primary N) is 1. The summed E-state index contributed by atoms with van der Waals surface area (Å²) in [4.78, 5) is 13.4. The van der Waals surface area contributed by atoms with Crippen molar-refractivity contribution in [2.24, 2.45) is 16.8 Å². The Morgan fingerprint density at radius 2 is 2.14 bits per heavy atom. The third kappa shape index (κ3) is 3.98. The van der Waals surface area contributed by atoms with Crippen LogP contribution in [0.5, 0.6) is 5.75 Å². The van der Waals surface area contributed by atoms with Gasteiger partial charge in [-0.1, -0.05) is 11.2 Å². The van der Waals surface area contributed by atoms with Gasteiger partial charge in [-0.2, -0.15) is 0 Å². The fourth-order valence-electron chi connectivity index (χ4n) is 1.93. The highest BCUT2D eigenvalue weighted by Gasteiger charge is 2.24. The number of anilines is 1. The zero-order valence-corrected chi connectivity index (χ0v) is 12.8. The Morgan fingerprint density at radius 1 is 1.41 bits per heavy atom. The molecule has 0 radical (unpaired) electrons. The van der Waals surface area contributed by atoms with Gasteiger partial charge in [0.25, 0.3) is 0 Å². The molecule has 2 rings (SSSR count). The summed E-state index contributed by atoms with van der Waals surface area (Å²) in [6.07, 6.45) is 0.384. The summed E-state index contributed by atoms with van der Waals surface area (Å²) in [5.41, 5.74) is 6.28. The lowest BCUT2D eigenvalue weighted by Crippen LogP contribution is -2.36. The molecule has 1 amide bonds. The van der Waals surface area contributed by atoms with Crippen molar-refractivity contribution in [2.45, 2.75) is 6.42 Å². The van der Waals surface area contributed by atoms with Crippen molar-refractivity contribution < 1.29 is 14.7 Å². The number of rotatable bonds is 6. The van der Waals surface area contributed by atoms with Gasteiger partial charge in [0.1, 0.15) is 11.7 Å². The van der Waals surface area contributed by atoms with Gasteiger partial charge in [0.15, 0.2) is 5.84 Å². The Kier molecular flexibility index (Phi) is 5.37. The molecule has 0 fully saturated rings. The molecule has 1 aromatic carbocycles. The Hall–Kier alpha value is -2.54. The Balaban J connectivity index is 2.10. The Morgan fingerprint density at radius 3 is 2.68 bits per heavy atom. The number of methoxy groups -OCH3 is 1. The van der Waals surface area contributed by atoms with E-state index in [9.17, 15) is 4.79 Å². The summed E-state index contributed by atoms with van der Waals surface area (Å²) in [7, 11) is 1.57. The molecule has 4 N–H and O–H groups in total. The van der Waals surface area contributed by atoms with Crippen LogP contribution in [0.25, 0.3) is 0 Å². The van der Waals surface area contributed by atoms with E-state index in [1.807, 2.05) is 17.5 Å². The molecule has 1 aromatic heterocycles. The second-order valence-electron chi connectivity index (χ2n) is 4.58. The van der Waals surface area contributed by atoms with Gasteiger partial charge in [0.2, 0.25) is 5.91 Å². The second-order valence-corrected chi connectivity index (χ2v) is 5.61. The lowest BCUT2D eigenvalue weighted by atomic mass is 10.0. The highest BCUT2D eigenvalue weighted by Crippen LogP contribution is 2.19. The molecule has 0 unspecified atom stereocenters. The zero-order valence-electron chi connectivity index (χ0n) is 12.0. The zero-order chi connectivity index (χ0) is 15.9. The van der Waals surface area contributed by atoms with E-state index in [1.54, 1.807) is 31.4 Å². The van der Waals surface area contributed by atoms with Crippen LogP contribution in [0.15, 0.2) is 46.9 Å². The van der Waals surface area contributed by atoms with Gasteiger partial charge in [-0.25, -0.2) is 0 Å². The molecule has 22 heavy (non-hydrogen) atoms. The first kappa shape index (κ1) is 15.8. The molecule has 7 heteroatoms. The first-order chi connectivity index (χ1) is 10.6. The first-order valence-electron chi connectivity index (χ1n) is 6.58. The summed E-state index contributed by atoms with van der Waals surface area (Å²) < 4.78 is 5.06. The van der Waals surface area contributed by atoms with Crippen LogP contribution in [0.2, 0.25) is 0 Å². The van der Waals surface area contributed by atoms with E-state index in [-0.39, 0.29) is 11.7 Å². The van der Waals surface area contributed by atoms with Crippen LogP contribution < -0.4 is 15.8 Å². The number of hydrogen-bond donors (Lipinski definition) is 3. The average Bonchev–Trinajstić information content (AvgIpc) is 3.05. The highest BCUT2D eigenvalue weighted by atomic mass is 32.1. The minimum atomic E-state index is -0.731. The summed E-state index contributed by atoms with van der Waals surface area (Å²) >= 11 is 1.52. The maximum atomic E-state index is 12.4. The summed E-state index contributed by atoms with van der Waals surface area (Å²) in [5.74, 6) is -0.469. The number of thiophene rings is 1. The molecular formula is C15H17N3O3S. The molecule has 0 spiro atoms. The van der Waals surface area contributed by atoms with Crippen LogP contribution in [0.3, 0.4) is 0 Å². The SMILES string of the molecule is COc1ccc(NC(=O)[C@@H](Cc2cccs2)/C(N)=N\O)cc1. The lowest BCUT2D eigenvalue weighted by molar-refractivity contribution is -0.118. The lowest BCUT2D eigenvalue weighted by Gasteiger charge is -2.15. The fourth-order valence-corrected chi connectivity index (χ4v) is 2.69. The van der Waals surface area contributed by atoms with Crippen molar-refractivity contribution >= 4 is 28.8 Å². The number of hydrogen-bond acceptors (Lipinski definition) is 5. The third-order valence-electron chi connectivity index (χ3n) is 3.13. The number of amides is 1. The molecule has 6 nitrogen and oxygen atoms in total. The number of oxime groups is 1. The predicted molar refractivity (Wildman–Crippen MR) is 86.5 cm³/mol. The van der Waals surface area contributed by atoms with Crippen LogP contribution in [-0.4, -0.2) is 24.1 Å². The van der Waals surface area contributed by atoms with Crippen LogP contribution in [0.4, 0.5) is 5.69 Å². The van der Waals surface area contributed by atoms with E-state index in [0.717, 1.165) is 4.88 Å². The van der Waals surface area contributed by atoms with Crippen molar-refractivity contribution in [2.75, 3.05) is 12.4 Å². The molecule has 0 aliphatic heterocycles. The fraction of sp³-hybridized carbons (Fsp3) is 0.200. The smallest absolute Gasteiger partial charge is 0.235 e. The molecule has 0 bridgehead atoms. The topological polar surface area (TPSA) is 96.9 Å². The number of benzene rings is 1. The van der Waals surface area contributed by atoms with Crippen LogP contribution in [0, 0.1) is 5.92 Å². The van der Waals surface area contributed by atoms with E-state index in [0.29, 0.717) is 17.9 Å². The van der Waals surface area contributed by atoms with E-state index in [1.165, 1.54) is 11.3 Å². The second kappa shape index (κ2) is 7.46. The van der Waals surface area contributed by atoms with Gasteiger partial charge in [0, 0.05) is 17.0 Å². The Bertz CT molecular complexity index is 639. The quantitative estimate of drug-likeness (QED) is 0.329. The normalized spacial score (nSPS) is 12.7. The molecule has 1 atom stereocenters. The highest BCUT2D eigenvalue weighted by molar-refractivity contribution is 7.09. The Labute approximate surface area is 132 Å². The maximum absolute atomic E-state index is 12.4. The van der Waals surface area contributed by atoms with Crippen molar-refractivity contribution in [3.05, 3.63) is 46.7 Å². The molecule has 1 heterocycles. The van der Waals surface area contributed by atoms with Crippen LogP contribution in [-0.2, 0) is 11.2 Å². The van der Waals surface area contributed by atoms with Gasteiger partial charge in [0.05, 0.1) is 7.11 Å². The first-order valence-corrected chi connectivity index (χ1v) is 7.46.